The molecule has 0 heterocycles. The van der Waals surface area contributed by atoms with Crippen LogP contribution in [-0.2, 0) is 0 Å². The molecule has 0 amide bonds. The van der Waals surface area contributed by atoms with Gasteiger partial charge >= 0.3 is 0 Å². The highest BCUT2D eigenvalue weighted by Crippen LogP contribution is 2.38. The molecule has 0 N–H and O–H groups in total. The Morgan fingerprint density at radius 1 is 1.40 bits per heavy atom. The van der Waals surface area contributed by atoms with Gasteiger partial charge in [0.05, 0.1) is 6.10 Å². The summed E-state index contributed by atoms with van der Waals surface area (Å²) in [6, 6.07) is 6.38. The van der Waals surface area contributed by atoms with Crippen LogP contribution in [0.3, 0.4) is 0 Å². The molecule has 0 saturated heterocycles. The zero-order valence-corrected chi connectivity index (χ0v) is 9.29. The van der Waals surface area contributed by atoms with Crippen molar-refractivity contribution < 1.29 is 9.13 Å². The maximum absolute atomic E-state index is 12.9. The minimum atomic E-state index is -0.232. The molecule has 1 aliphatic carbocycles. The summed E-state index contributed by atoms with van der Waals surface area (Å²) >= 11 is 0. The first-order chi connectivity index (χ1) is 7.05. The van der Waals surface area contributed by atoms with Crippen molar-refractivity contribution >= 4 is 0 Å². The average molecular weight is 208 g/mol. The van der Waals surface area contributed by atoms with Crippen LogP contribution in [0.2, 0.25) is 0 Å². The SMILES string of the molecule is CC1(C)CCC(Oc2cccc(F)c2)C1. The minimum absolute atomic E-state index is 0.232. The Morgan fingerprint density at radius 3 is 2.80 bits per heavy atom. The molecule has 1 atom stereocenters. The number of hydrogen-bond donors (Lipinski definition) is 0. The van der Waals surface area contributed by atoms with E-state index in [-0.39, 0.29) is 11.9 Å². The summed E-state index contributed by atoms with van der Waals surface area (Å²) in [6.07, 6.45) is 3.57. The van der Waals surface area contributed by atoms with Crippen LogP contribution in [0, 0.1) is 11.2 Å². The van der Waals surface area contributed by atoms with E-state index in [0.717, 1.165) is 12.8 Å². The first-order valence-corrected chi connectivity index (χ1v) is 5.47. The third kappa shape index (κ3) is 2.71. The highest BCUT2D eigenvalue weighted by molar-refractivity contribution is 5.22. The van der Waals surface area contributed by atoms with Gasteiger partial charge in [-0.3, -0.25) is 0 Å². The van der Waals surface area contributed by atoms with Crippen LogP contribution < -0.4 is 4.74 Å². The molecule has 1 aromatic rings. The van der Waals surface area contributed by atoms with E-state index >= 15 is 0 Å². The van der Waals surface area contributed by atoms with Crippen LogP contribution in [0.5, 0.6) is 5.75 Å². The van der Waals surface area contributed by atoms with Crippen LogP contribution in [-0.4, -0.2) is 6.10 Å². The molecule has 0 aliphatic heterocycles. The maximum atomic E-state index is 12.9. The first-order valence-electron chi connectivity index (χ1n) is 5.47. The van der Waals surface area contributed by atoms with Gasteiger partial charge in [0, 0.05) is 6.07 Å². The minimum Gasteiger partial charge on any atom is -0.490 e. The van der Waals surface area contributed by atoms with E-state index in [4.69, 9.17) is 4.74 Å². The lowest BCUT2D eigenvalue weighted by Crippen LogP contribution is -2.14. The molecule has 0 aromatic heterocycles. The third-order valence-corrected chi connectivity index (χ3v) is 3.02. The number of benzene rings is 1. The molecule has 1 aromatic carbocycles. The largest absolute Gasteiger partial charge is 0.490 e. The molecule has 82 valence electrons. The lowest BCUT2D eigenvalue weighted by atomic mass is 9.92. The Morgan fingerprint density at radius 2 is 2.20 bits per heavy atom. The number of halogens is 1. The van der Waals surface area contributed by atoms with Crippen LogP contribution in [0.1, 0.15) is 33.1 Å². The van der Waals surface area contributed by atoms with Gasteiger partial charge in [-0.2, -0.15) is 0 Å². The van der Waals surface area contributed by atoms with Gasteiger partial charge in [0.15, 0.2) is 0 Å². The van der Waals surface area contributed by atoms with Crippen molar-refractivity contribution in [2.24, 2.45) is 5.41 Å². The highest BCUT2D eigenvalue weighted by atomic mass is 19.1. The summed E-state index contributed by atoms with van der Waals surface area (Å²) in [7, 11) is 0. The lowest BCUT2D eigenvalue weighted by Gasteiger charge is -2.18. The van der Waals surface area contributed by atoms with Crippen molar-refractivity contribution in [3.63, 3.8) is 0 Å². The summed E-state index contributed by atoms with van der Waals surface area (Å²) in [4.78, 5) is 0. The van der Waals surface area contributed by atoms with Gasteiger partial charge in [-0.1, -0.05) is 19.9 Å². The number of ether oxygens (including phenoxy) is 1. The molecular formula is C13H17FO. The second kappa shape index (κ2) is 3.84. The summed E-state index contributed by atoms with van der Waals surface area (Å²) in [5.41, 5.74) is 0.373. The van der Waals surface area contributed by atoms with Crippen molar-refractivity contribution in [2.45, 2.75) is 39.2 Å². The van der Waals surface area contributed by atoms with Crippen molar-refractivity contribution in [1.29, 1.82) is 0 Å². The number of hydrogen-bond acceptors (Lipinski definition) is 1. The Kier molecular flexibility index (Phi) is 2.68. The van der Waals surface area contributed by atoms with Gasteiger partial charge in [0.2, 0.25) is 0 Å². The van der Waals surface area contributed by atoms with E-state index in [1.54, 1.807) is 6.07 Å². The Labute approximate surface area is 90.3 Å². The van der Waals surface area contributed by atoms with Crippen LogP contribution in [0.15, 0.2) is 24.3 Å². The summed E-state index contributed by atoms with van der Waals surface area (Å²) < 4.78 is 18.7. The standard InChI is InChI=1S/C13H17FO/c1-13(2)7-6-12(9-13)15-11-5-3-4-10(14)8-11/h3-5,8,12H,6-7,9H2,1-2H3. The molecular weight excluding hydrogens is 191 g/mol. The molecule has 0 spiro atoms. The van der Waals surface area contributed by atoms with Crippen molar-refractivity contribution in [1.82, 2.24) is 0 Å². The first kappa shape index (κ1) is 10.5. The third-order valence-electron chi connectivity index (χ3n) is 3.02. The van der Waals surface area contributed by atoms with E-state index < -0.39 is 0 Å². The second-order valence-corrected chi connectivity index (χ2v) is 5.10. The highest BCUT2D eigenvalue weighted by Gasteiger charge is 2.32. The molecule has 15 heavy (non-hydrogen) atoms. The lowest BCUT2D eigenvalue weighted by molar-refractivity contribution is 0.192. The van der Waals surface area contributed by atoms with Crippen LogP contribution >= 0.6 is 0 Å². The van der Waals surface area contributed by atoms with E-state index in [9.17, 15) is 4.39 Å². The molecule has 1 fully saturated rings. The van der Waals surface area contributed by atoms with Gasteiger partial charge < -0.3 is 4.74 Å². The molecule has 1 saturated carbocycles. The van der Waals surface area contributed by atoms with Crippen LogP contribution in [0.25, 0.3) is 0 Å². The molecule has 1 unspecified atom stereocenters. The fourth-order valence-electron chi connectivity index (χ4n) is 2.21. The van der Waals surface area contributed by atoms with Crippen molar-refractivity contribution in [3.8, 4) is 5.75 Å². The van der Waals surface area contributed by atoms with E-state index in [0.29, 0.717) is 11.2 Å². The molecule has 2 heteroatoms. The molecule has 2 rings (SSSR count). The van der Waals surface area contributed by atoms with Gasteiger partial charge in [-0.15, -0.1) is 0 Å². The van der Waals surface area contributed by atoms with E-state index in [1.807, 2.05) is 6.07 Å². The smallest absolute Gasteiger partial charge is 0.126 e. The quantitative estimate of drug-likeness (QED) is 0.718. The Bertz CT molecular complexity index is 346. The Balaban J connectivity index is 1.99. The summed E-state index contributed by atoms with van der Waals surface area (Å²) in [5, 5.41) is 0. The topological polar surface area (TPSA) is 9.23 Å². The maximum Gasteiger partial charge on any atom is 0.126 e. The molecule has 0 bridgehead atoms. The predicted molar refractivity (Wildman–Crippen MR) is 58.4 cm³/mol. The zero-order chi connectivity index (χ0) is 10.9. The normalized spacial score (nSPS) is 24.1. The fraction of sp³-hybridized carbons (Fsp3) is 0.538. The van der Waals surface area contributed by atoms with Crippen molar-refractivity contribution in [3.05, 3.63) is 30.1 Å². The predicted octanol–water partition coefficient (Wildman–Crippen LogP) is 3.78. The molecule has 1 aliphatic rings. The summed E-state index contributed by atoms with van der Waals surface area (Å²) in [6.45, 7) is 4.50. The molecule has 1 nitrogen and oxygen atoms in total. The van der Waals surface area contributed by atoms with Crippen molar-refractivity contribution in [2.75, 3.05) is 0 Å². The van der Waals surface area contributed by atoms with E-state index in [2.05, 4.69) is 13.8 Å². The fourth-order valence-corrected chi connectivity index (χ4v) is 2.21. The zero-order valence-electron chi connectivity index (χ0n) is 9.29. The van der Waals surface area contributed by atoms with Gasteiger partial charge in [0.1, 0.15) is 11.6 Å². The van der Waals surface area contributed by atoms with Gasteiger partial charge in [0.25, 0.3) is 0 Å². The van der Waals surface area contributed by atoms with Crippen LogP contribution in [0.4, 0.5) is 4.39 Å². The average Bonchev–Trinajstić information content (AvgIpc) is 2.45. The van der Waals surface area contributed by atoms with E-state index in [1.165, 1.54) is 18.6 Å². The monoisotopic (exact) mass is 208 g/mol. The van der Waals surface area contributed by atoms with Gasteiger partial charge in [-0.25, -0.2) is 4.39 Å². The summed E-state index contributed by atoms with van der Waals surface area (Å²) in [5.74, 6) is 0.419. The van der Waals surface area contributed by atoms with Gasteiger partial charge in [-0.05, 0) is 36.8 Å². The second-order valence-electron chi connectivity index (χ2n) is 5.10. The number of rotatable bonds is 2. The Hall–Kier alpha value is -1.05. The molecule has 0 radical (unpaired) electrons.